The van der Waals surface area contributed by atoms with Crippen LogP contribution < -0.4 is 5.73 Å². The molecule has 0 aliphatic carbocycles. The fourth-order valence-electron chi connectivity index (χ4n) is 1.59. The van der Waals surface area contributed by atoms with Crippen molar-refractivity contribution in [2.45, 2.75) is 12.0 Å². The van der Waals surface area contributed by atoms with Gasteiger partial charge < -0.3 is 20.1 Å². The quantitative estimate of drug-likeness (QED) is 0.652. The van der Waals surface area contributed by atoms with E-state index in [2.05, 4.69) is 4.74 Å². The van der Waals surface area contributed by atoms with E-state index in [0.717, 1.165) is 6.42 Å². The molecule has 0 aromatic rings. The molecule has 0 aromatic heterocycles. The normalized spacial score (nSPS) is 27.8. The predicted molar refractivity (Wildman–Crippen MR) is 47.4 cm³/mol. The van der Waals surface area contributed by atoms with Crippen molar-refractivity contribution in [3.63, 3.8) is 0 Å². The molecule has 1 rings (SSSR count). The minimum atomic E-state index is -0.400. The Morgan fingerprint density at radius 2 is 2.31 bits per heavy atom. The van der Waals surface area contributed by atoms with Gasteiger partial charge in [-0.05, 0) is 6.42 Å². The third kappa shape index (κ3) is 2.32. The van der Waals surface area contributed by atoms with Crippen molar-refractivity contribution in [3.05, 3.63) is 0 Å². The summed E-state index contributed by atoms with van der Waals surface area (Å²) < 4.78 is 9.58. The molecule has 1 heterocycles. The van der Waals surface area contributed by atoms with Crippen LogP contribution in [0.25, 0.3) is 0 Å². The molecule has 1 saturated heterocycles. The zero-order chi connectivity index (χ0) is 9.90. The highest BCUT2D eigenvalue weighted by molar-refractivity contribution is 5.68. The van der Waals surface area contributed by atoms with E-state index in [1.54, 1.807) is 12.0 Å². The van der Waals surface area contributed by atoms with Crippen LogP contribution >= 0.6 is 0 Å². The van der Waals surface area contributed by atoms with Gasteiger partial charge in [0.1, 0.15) is 0 Å². The maximum atomic E-state index is 11.1. The van der Waals surface area contributed by atoms with Crippen LogP contribution in [-0.4, -0.2) is 50.4 Å². The van der Waals surface area contributed by atoms with Gasteiger partial charge in [0.2, 0.25) is 0 Å². The number of carbonyl (C=O) groups is 1. The first-order valence-electron chi connectivity index (χ1n) is 4.22. The van der Waals surface area contributed by atoms with Gasteiger partial charge in [0.05, 0.1) is 19.3 Å². The Morgan fingerprint density at radius 3 is 2.85 bits per heavy atom. The van der Waals surface area contributed by atoms with E-state index in [1.807, 2.05) is 0 Å². The maximum Gasteiger partial charge on any atom is 0.409 e. The molecule has 1 amide bonds. The molecule has 0 saturated carbocycles. The highest BCUT2D eigenvalue weighted by Gasteiger charge is 2.37. The topological polar surface area (TPSA) is 64.8 Å². The number of methoxy groups -OCH3 is 2. The highest BCUT2D eigenvalue weighted by Crippen LogP contribution is 2.19. The van der Waals surface area contributed by atoms with Crippen LogP contribution in [0.2, 0.25) is 0 Å². The fourth-order valence-corrected chi connectivity index (χ4v) is 1.59. The highest BCUT2D eigenvalue weighted by atomic mass is 16.5. The number of nitrogens with two attached hydrogens (primary N) is 1. The number of hydrogen-bond donors (Lipinski definition) is 1. The molecule has 0 radical (unpaired) electrons. The largest absolute Gasteiger partial charge is 0.453 e. The van der Waals surface area contributed by atoms with E-state index in [1.165, 1.54) is 7.11 Å². The predicted octanol–water partition coefficient (Wildman–Crippen LogP) is -0.198. The number of hydrogen-bond acceptors (Lipinski definition) is 4. The summed E-state index contributed by atoms with van der Waals surface area (Å²) in [4.78, 5) is 12.7. The van der Waals surface area contributed by atoms with Crippen molar-refractivity contribution >= 4 is 6.09 Å². The summed E-state index contributed by atoms with van der Waals surface area (Å²) in [7, 11) is 2.98. The number of nitrogens with zero attached hydrogens (tertiary/aromatic N) is 1. The molecule has 1 aliphatic heterocycles. The molecule has 0 aromatic carbocycles. The molecule has 1 unspecified atom stereocenters. The Morgan fingerprint density at radius 1 is 1.62 bits per heavy atom. The number of rotatable bonds is 2. The smallest absolute Gasteiger partial charge is 0.409 e. The van der Waals surface area contributed by atoms with E-state index in [9.17, 15) is 4.79 Å². The van der Waals surface area contributed by atoms with E-state index >= 15 is 0 Å². The van der Waals surface area contributed by atoms with Gasteiger partial charge in [0.15, 0.2) is 0 Å². The Hall–Kier alpha value is -0.810. The Kier molecular flexibility index (Phi) is 3.11. The zero-order valence-corrected chi connectivity index (χ0v) is 8.08. The van der Waals surface area contributed by atoms with Gasteiger partial charge in [-0.25, -0.2) is 4.79 Å². The number of amides is 1. The van der Waals surface area contributed by atoms with Crippen LogP contribution in [-0.2, 0) is 9.47 Å². The minimum Gasteiger partial charge on any atom is -0.453 e. The molecule has 5 heteroatoms. The minimum absolute atomic E-state index is 0.316. The van der Waals surface area contributed by atoms with Gasteiger partial charge in [-0.1, -0.05) is 0 Å². The van der Waals surface area contributed by atoms with Crippen LogP contribution in [0.1, 0.15) is 6.42 Å². The fraction of sp³-hybridized carbons (Fsp3) is 0.875. The van der Waals surface area contributed by atoms with Gasteiger partial charge in [-0.3, -0.25) is 0 Å². The zero-order valence-electron chi connectivity index (χ0n) is 8.08. The first kappa shape index (κ1) is 10.3. The van der Waals surface area contributed by atoms with E-state index in [-0.39, 0.29) is 6.09 Å². The standard InChI is InChI=1S/C8H16N2O3/c1-12-6-8(9)3-4-10(5-8)7(11)13-2/h3-6,9H2,1-2H3. The van der Waals surface area contributed by atoms with Crippen LogP contribution in [0.3, 0.4) is 0 Å². The monoisotopic (exact) mass is 188 g/mol. The molecule has 1 fully saturated rings. The van der Waals surface area contributed by atoms with Gasteiger partial charge >= 0.3 is 6.09 Å². The van der Waals surface area contributed by atoms with Crippen LogP contribution in [0.15, 0.2) is 0 Å². The first-order chi connectivity index (χ1) is 6.11. The average molecular weight is 188 g/mol. The molecule has 76 valence electrons. The maximum absolute atomic E-state index is 11.1. The summed E-state index contributed by atoms with van der Waals surface area (Å²) in [6, 6.07) is 0. The number of ether oxygens (including phenoxy) is 2. The van der Waals surface area contributed by atoms with Crippen molar-refractivity contribution in [2.24, 2.45) is 5.73 Å². The molecule has 1 atom stereocenters. The van der Waals surface area contributed by atoms with Crippen molar-refractivity contribution in [1.82, 2.24) is 4.90 Å². The Balaban J connectivity index is 2.47. The second kappa shape index (κ2) is 3.93. The summed E-state index contributed by atoms with van der Waals surface area (Å²) in [5.41, 5.74) is 5.58. The summed E-state index contributed by atoms with van der Waals surface area (Å²) in [5, 5.41) is 0. The van der Waals surface area contributed by atoms with Crippen molar-refractivity contribution in [2.75, 3.05) is 33.9 Å². The number of carbonyl (C=O) groups excluding carboxylic acids is 1. The molecule has 1 aliphatic rings. The van der Waals surface area contributed by atoms with E-state index < -0.39 is 5.54 Å². The Labute approximate surface area is 77.8 Å². The lowest BCUT2D eigenvalue weighted by molar-refractivity contribution is 0.116. The van der Waals surface area contributed by atoms with Gasteiger partial charge in [-0.15, -0.1) is 0 Å². The van der Waals surface area contributed by atoms with Crippen molar-refractivity contribution in [3.8, 4) is 0 Å². The van der Waals surface area contributed by atoms with Crippen LogP contribution in [0.4, 0.5) is 4.79 Å². The Bertz CT molecular complexity index is 198. The lowest BCUT2D eigenvalue weighted by Crippen LogP contribution is -2.47. The molecule has 0 spiro atoms. The summed E-state index contributed by atoms with van der Waals surface area (Å²) >= 11 is 0. The molecular weight excluding hydrogens is 172 g/mol. The van der Waals surface area contributed by atoms with Crippen molar-refractivity contribution < 1.29 is 14.3 Å². The molecular formula is C8H16N2O3. The van der Waals surface area contributed by atoms with Gasteiger partial charge in [0.25, 0.3) is 0 Å². The second-order valence-corrected chi connectivity index (χ2v) is 3.44. The summed E-state index contributed by atoms with van der Waals surface area (Å²) in [5.74, 6) is 0. The second-order valence-electron chi connectivity index (χ2n) is 3.44. The summed E-state index contributed by atoms with van der Waals surface area (Å²) in [6.45, 7) is 1.63. The SMILES string of the molecule is COCC1(N)CCN(C(=O)OC)C1. The number of likely N-dealkylation sites (tertiary alicyclic amines) is 1. The lowest BCUT2D eigenvalue weighted by atomic mass is 10.0. The third-order valence-electron chi connectivity index (χ3n) is 2.25. The molecule has 0 bridgehead atoms. The summed E-state index contributed by atoms with van der Waals surface area (Å²) in [6.07, 6.45) is 0.444. The van der Waals surface area contributed by atoms with Gasteiger partial charge in [0, 0.05) is 20.2 Å². The molecule has 13 heavy (non-hydrogen) atoms. The van der Waals surface area contributed by atoms with E-state index in [0.29, 0.717) is 19.7 Å². The molecule has 2 N–H and O–H groups in total. The molecule has 5 nitrogen and oxygen atoms in total. The van der Waals surface area contributed by atoms with Crippen LogP contribution in [0, 0.1) is 0 Å². The lowest BCUT2D eigenvalue weighted by Gasteiger charge is -2.22. The first-order valence-corrected chi connectivity index (χ1v) is 4.22. The van der Waals surface area contributed by atoms with Gasteiger partial charge in [-0.2, -0.15) is 0 Å². The average Bonchev–Trinajstić information content (AvgIpc) is 2.47. The van der Waals surface area contributed by atoms with Crippen LogP contribution in [0.5, 0.6) is 0 Å². The third-order valence-corrected chi connectivity index (χ3v) is 2.25. The van der Waals surface area contributed by atoms with Crippen molar-refractivity contribution in [1.29, 1.82) is 0 Å². The van der Waals surface area contributed by atoms with E-state index in [4.69, 9.17) is 10.5 Å².